The van der Waals surface area contributed by atoms with Crippen LogP contribution in [0.15, 0.2) is 30.3 Å². The smallest absolute Gasteiger partial charge is 0.430 e. The third-order valence-corrected chi connectivity index (χ3v) is 1.76. The van der Waals surface area contributed by atoms with Crippen LogP contribution in [-0.4, -0.2) is 24.0 Å². The van der Waals surface area contributed by atoms with E-state index in [1.54, 1.807) is 6.92 Å². The Balaban J connectivity index is 0.000000151. The zero-order valence-corrected chi connectivity index (χ0v) is 8.55. The summed E-state index contributed by atoms with van der Waals surface area (Å²) in [5.74, 6) is 0. The summed E-state index contributed by atoms with van der Waals surface area (Å²) in [6.07, 6.45) is -0.597. The van der Waals surface area contributed by atoms with Gasteiger partial charge in [0, 0.05) is 0 Å². The van der Waals surface area contributed by atoms with Crippen LogP contribution in [-0.2, 0) is 16.1 Å². The minimum absolute atomic E-state index is 0.0486. The number of carbonyl (C=O) groups is 1. The molecule has 1 heterocycles. The van der Waals surface area contributed by atoms with E-state index in [2.05, 4.69) is 9.47 Å². The fourth-order valence-corrected chi connectivity index (χ4v) is 1.00. The van der Waals surface area contributed by atoms with Crippen molar-refractivity contribution in [1.29, 1.82) is 0 Å². The highest BCUT2D eigenvalue weighted by atomic mass is 16.8. The Hall–Kier alpha value is -1.55. The fourth-order valence-electron chi connectivity index (χ4n) is 1.00. The lowest BCUT2D eigenvalue weighted by molar-refractivity contribution is 0.121. The van der Waals surface area contributed by atoms with Gasteiger partial charge in [-0.2, -0.15) is 0 Å². The number of ether oxygens (including phenoxy) is 2. The van der Waals surface area contributed by atoms with E-state index >= 15 is 0 Å². The van der Waals surface area contributed by atoms with Gasteiger partial charge in [0.25, 0.3) is 0 Å². The fraction of sp³-hybridized carbons (Fsp3) is 0.364. The summed E-state index contributed by atoms with van der Waals surface area (Å²) in [5, 5.41) is 8.54. The molecule has 0 bridgehead atoms. The number of aliphatic hydroxyl groups is 1. The molecule has 4 heteroatoms. The summed E-state index contributed by atoms with van der Waals surface area (Å²) in [6.45, 7) is 2.32. The second-order valence-electron chi connectivity index (χ2n) is 3.13. The van der Waals surface area contributed by atoms with Crippen LogP contribution in [0, 0.1) is 0 Å². The number of hydrogen-bond donors (Lipinski definition) is 1. The molecule has 1 unspecified atom stereocenters. The summed E-state index contributed by atoms with van der Waals surface area (Å²) in [5.41, 5.74) is 0.965. The van der Waals surface area contributed by atoms with Gasteiger partial charge in [-0.25, -0.2) is 4.79 Å². The van der Waals surface area contributed by atoms with Crippen LogP contribution >= 0.6 is 0 Å². The molecule has 4 nitrogen and oxygen atoms in total. The monoisotopic (exact) mass is 210 g/mol. The minimum atomic E-state index is -0.549. The predicted octanol–water partition coefficient (Wildman–Crippen LogP) is 1.72. The molecular formula is C11H14O4. The van der Waals surface area contributed by atoms with Gasteiger partial charge in [0.1, 0.15) is 12.7 Å². The number of aliphatic hydroxyl groups excluding tert-OH is 1. The average Bonchev–Trinajstić information content (AvgIpc) is 2.65. The zero-order chi connectivity index (χ0) is 11.1. The second-order valence-corrected chi connectivity index (χ2v) is 3.13. The standard InChI is InChI=1S/C7H8O.C4H6O3/c8-6-7-4-2-1-3-5-7;1-3-2-6-4(5)7-3/h1-5,8H,6H2;3H,2H2,1H3. The molecule has 1 aliphatic rings. The maximum atomic E-state index is 10.0. The van der Waals surface area contributed by atoms with E-state index < -0.39 is 6.16 Å². The summed E-state index contributed by atoms with van der Waals surface area (Å²) in [7, 11) is 0. The molecule has 0 saturated carbocycles. The Morgan fingerprint density at radius 2 is 2.07 bits per heavy atom. The summed E-state index contributed by atoms with van der Waals surface area (Å²) in [6, 6.07) is 9.52. The van der Waals surface area contributed by atoms with Crippen LogP contribution in [0.2, 0.25) is 0 Å². The lowest BCUT2D eigenvalue weighted by Crippen LogP contribution is -2.01. The summed E-state index contributed by atoms with van der Waals surface area (Å²) < 4.78 is 8.90. The van der Waals surface area contributed by atoms with Gasteiger partial charge >= 0.3 is 6.16 Å². The first kappa shape index (κ1) is 11.5. The third-order valence-electron chi connectivity index (χ3n) is 1.76. The first-order valence-electron chi connectivity index (χ1n) is 4.70. The van der Waals surface area contributed by atoms with Crippen molar-refractivity contribution in [2.45, 2.75) is 19.6 Å². The van der Waals surface area contributed by atoms with Crippen LogP contribution in [0.1, 0.15) is 12.5 Å². The van der Waals surface area contributed by atoms with E-state index in [9.17, 15) is 4.79 Å². The molecule has 1 N–H and O–H groups in total. The average molecular weight is 210 g/mol. The molecule has 1 aliphatic heterocycles. The molecule has 0 aliphatic carbocycles. The highest BCUT2D eigenvalue weighted by Crippen LogP contribution is 2.02. The molecule has 0 amide bonds. The number of benzene rings is 1. The first-order chi connectivity index (χ1) is 7.22. The maximum Gasteiger partial charge on any atom is 0.508 e. The highest BCUT2D eigenvalue weighted by molar-refractivity contribution is 5.61. The molecule has 1 saturated heterocycles. The molecule has 2 rings (SSSR count). The van der Waals surface area contributed by atoms with Crippen molar-refractivity contribution in [2.24, 2.45) is 0 Å². The van der Waals surface area contributed by atoms with Crippen molar-refractivity contribution in [1.82, 2.24) is 0 Å². The SMILES string of the molecule is CC1COC(=O)O1.OCc1ccccc1. The van der Waals surface area contributed by atoms with Crippen LogP contribution in [0.25, 0.3) is 0 Å². The number of rotatable bonds is 1. The van der Waals surface area contributed by atoms with E-state index in [0.717, 1.165) is 5.56 Å². The normalized spacial score (nSPS) is 18.5. The van der Waals surface area contributed by atoms with Crippen LogP contribution < -0.4 is 0 Å². The van der Waals surface area contributed by atoms with Crippen molar-refractivity contribution in [3.8, 4) is 0 Å². The molecule has 1 fully saturated rings. The third kappa shape index (κ3) is 4.46. The van der Waals surface area contributed by atoms with Crippen LogP contribution in [0.5, 0.6) is 0 Å². The molecule has 0 aromatic heterocycles. The van der Waals surface area contributed by atoms with E-state index in [1.165, 1.54) is 0 Å². The van der Waals surface area contributed by atoms with E-state index in [1.807, 2.05) is 30.3 Å². The lowest BCUT2D eigenvalue weighted by atomic mass is 10.2. The van der Waals surface area contributed by atoms with Gasteiger partial charge in [0.2, 0.25) is 0 Å². The molecule has 15 heavy (non-hydrogen) atoms. The van der Waals surface area contributed by atoms with Crippen molar-refractivity contribution < 1.29 is 19.4 Å². The van der Waals surface area contributed by atoms with Crippen molar-refractivity contribution in [2.75, 3.05) is 6.61 Å². The Kier molecular flexibility index (Phi) is 4.63. The van der Waals surface area contributed by atoms with Crippen LogP contribution in [0.4, 0.5) is 4.79 Å². The molecule has 1 aromatic rings. The van der Waals surface area contributed by atoms with Gasteiger partial charge < -0.3 is 14.6 Å². The molecule has 0 radical (unpaired) electrons. The first-order valence-corrected chi connectivity index (χ1v) is 4.70. The minimum Gasteiger partial charge on any atom is -0.430 e. The van der Waals surface area contributed by atoms with Gasteiger partial charge in [-0.1, -0.05) is 30.3 Å². The molecule has 82 valence electrons. The number of hydrogen-bond acceptors (Lipinski definition) is 4. The van der Waals surface area contributed by atoms with Gasteiger partial charge in [0.15, 0.2) is 0 Å². The van der Waals surface area contributed by atoms with Crippen molar-refractivity contribution in [3.05, 3.63) is 35.9 Å². The lowest BCUT2D eigenvalue weighted by Gasteiger charge is -1.90. The molecule has 1 aromatic carbocycles. The quantitative estimate of drug-likeness (QED) is 0.717. The topological polar surface area (TPSA) is 55.8 Å². The van der Waals surface area contributed by atoms with E-state index in [4.69, 9.17) is 5.11 Å². The maximum absolute atomic E-state index is 10.0. The van der Waals surface area contributed by atoms with Crippen molar-refractivity contribution >= 4 is 6.16 Å². The van der Waals surface area contributed by atoms with Gasteiger partial charge in [0.05, 0.1) is 6.61 Å². The molecule has 0 spiro atoms. The second kappa shape index (κ2) is 6.03. The van der Waals surface area contributed by atoms with Gasteiger partial charge in [-0.05, 0) is 12.5 Å². The van der Waals surface area contributed by atoms with Gasteiger partial charge in [-0.15, -0.1) is 0 Å². The van der Waals surface area contributed by atoms with Crippen molar-refractivity contribution in [3.63, 3.8) is 0 Å². The highest BCUT2D eigenvalue weighted by Gasteiger charge is 2.19. The van der Waals surface area contributed by atoms with Gasteiger partial charge in [-0.3, -0.25) is 0 Å². The Morgan fingerprint density at radius 3 is 2.33 bits per heavy atom. The molecule has 1 atom stereocenters. The Bertz CT molecular complexity index is 297. The Labute approximate surface area is 88.4 Å². The molecular weight excluding hydrogens is 196 g/mol. The van der Waals surface area contributed by atoms with E-state index in [0.29, 0.717) is 6.61 Å². The summed E-state index contributed by atoms with van der Waals surface area (Å²) >= 11 is 0. The van der Waals surface area contributed by atoms with Crippen LogP contribution in [0.3, 0.4) is 0 Å². The predicted molar refractivity (Wildman–Crippen MR) is 54.3 cm³/mol. The number of carbonyl (C=O) groups excluding carboxylic acids is 1. The Morgan fingerprint density at radius 1 is 1.40 bits per heavy atom. The largest absolute Gasteiger partial charge is 0.508 e. The number of cyclic esters (lactones) is 2. The summed E-state index contributed by atoms with van der Waals surface area (Å²) in [4.78, 5) is 10.0. The van der Waals surface area contributed by atoms with E-state index in [-0.39, 0.29) is 12.7 Å². The zero-order valence-electron chi connectivity index (χ0n) is 8.55.